The Morgan fingerprint density at radius 2 is 2.20 bits per heavy atom. The van der Waals surface area contributed by atoms with E-state index in [9.17, 15) is 14.9 Å². The van der Waals surface area contributed by atoms with Crippen molar-refractivity contribution < 1.29 is 14.8 Å². The molecule has 0 heterocycles. The Morgan fingerprint density at radius 1 is 1.60 bits per heavy atom. The van der Waals surface area contributed by atoms with E-state index in [4.69, 9.17) is 16.7 Å². The molecular weight excluding hydrogens is 289 g/mol. The highest BCUT2D eigenvalue weighted by Gasteiger charge is 2.23. The molecule has 80 valence electrons. The molecule has 1 aromatic rings. The van der Waals surface area contributed by atoms with E-state index in [2.05, 4.69) is 15.9 Å². The topological polar surface area (TPSA) is 80.4 Å². The molecule has 0 aromatic heterocycles. The summed E-state index contributed by atoms with van der Waals surface area (Å²) in [6, 6.07) is 2.39. The fourth-order valence-electron chi connectivity index (χ4n) is 1.15. The van der Waals surface area contributed by atoms with Crippen molar-refractivity contribution >= 4 is 39.2 Å². The van der Waals surface area contributed by atoms with Gasteiger partial charge in [0.15, 0.2) is 0 Å². The van der Waals surface area contributed by atoms with E-state index in [-0.39, 0.29) is 27.2 Å². The largest absolute Gasteiger partial charge is 0.478 e. The number of halogens is 2. The predicted octanol–water partition coefficient (Wildman–Crippen LogP) is 2.84. The molecule has 7 heteroatoms. The van der Waals surface area contributed by atoms with Gasteiger partial charge in [0.25, 0.3) is 5.69 Å². The summed E-state index contributed by atoms with van der Waals surface area (Å²) in [5.41, 5.74) is -0.420. The molecular formula is C8H5BrClNO4. The third kappa shape index (κ3) is 2.27. The van der Waals surface area contributed by atoms with Gasteiger partial charge in [0, 0.05) is 11.4 Å². The summed E-state index contributed by atoms with van der Waals surface area (Å²) >= 11 is 8.66. The molecule has 1 aromatic carbocycles. The van der Waals surface area contributed by atoms with E-state index in [0.29, 0.717) is 0 Å². The molecule has 0 saturated heterocycles. The Hall–Kier alpha value is -1.14. The van der Waals surface area contributed by atoms with Crippen molar-refractivity contribution in [1.82, 2.24) is 0 Å². The summed E-state index contributed by atoms with van der Waals surface area (Å²) in [7, 11) is 0. The van der Waals surface area contributed by atoms with E-state index in [1.54, 1.807) is 0 Å². The lowest BCUT2D eigenvalue weighted by Crippen LogP contribution is -2.05. The van der Waals surface area contributed by atoms with Gasteiger partial charge in [0.1, 0.15) is 0 Å². The Kier molecular flexibility index (Phi) is 3.65. The third-order valence-corrected chi connectivity index (χ3v) is 2.66. The highest BCUT2D eigenvalue weighted by Crippen LogP contribution is 2.30. The number of nitro benzene ring substituents is 1. The monoisotopic (exact) mass is 293 g/mol. The molecule has 15 heavy (non-hydrogen) atoms. The molecule has 0 spiro atoms. The smallest absolute Gasteiger partial charge is 0.337 e. The van der Waals surface area contributed by atoms with Gasteiger partial charge in [0.2, 0.25) is 0 Å². The zero-order valence-electron chi connectivity index (χ0n) is 7.24. The first-order valence-electron chi connectivity index (χ1n) is 3.74. The van der Waals surface area contributed by atoms with E-state index < -0.39 is 10.9 Å². The zero-order chi connectivity index (χ0) is 11.6. The highest BCUT2D eigenvalue weighted by atomic mass is 79.9. The van der Waals surface area contributed by atoms with E-state index in [0.717, 1.165) is 0 Å². The summed E-state index contributed by atoms with van der Waals surface area (Å²) in [5, 5.41) is 19.5. The average molecular weight is 294 g/mol. The second-order valence-electron chi connectivity index (χ2n) is 2.62. The lowest BCUT2D eigenvalue weighted by atomic mass is 10.1. The molecule has 0 atom stereocenters. The Balaban J connectivity index is 3.54. The van der Waals surface area contributed by atoms with Crippen LogP contribution in [0, 0.1) is 10.1 Å². The molecule has 0 aliphatic rings. The van der Waals surface area contributed by atoms with Crippen LogP contribution in [0.4, 0.5) is 5.69 Å². The fourth-order valence-corrected chi connectivity index (χ4v) is 1.97. The van der Waals surface area contributed by atoms with E-state index in [1.807, 2.05) is 0 Å². The second-order valence-corrected chi connectivity index (χ2v) is 3.58. The van der Waals surface area contributed by atoms with Gasteiger partial charge >= 0.3 is 5.97 Å². The molecule has 1 N–H and O–H groups in total. The molecule has 0 amide bonds. The number of hydrogen-bond acceptors (Lipinski definition) is 3. The Labute approximate surface area is 97.9 Å². The quantitative estimate of drug-likeness (QED) is 0.528. The Morgan fingerprint density at radius 3 is 2.60 bits per heavy atom. The summed E-state index contributed by atoms with van der Waals surface area (Å²) < 4.78 is 0. The number of nitrogens with zero attached hydrogens (tertiary/aromatic N) is 1. The van der Waals surface area contributed by atoms with Crippen LogP contribution in [-0.2, 0) is 5.33 Å². The standard InChI is InChI=1S/C8H5BrClNO4/c9-3-4-6(11(14)15)2-1-5(10)7(4)8(12)13/h1-2H,3H2,(H,12,13). The van der Waals surface area contributed by atoms with Crippen LogP contribution < -0.4 is 0 Å². The number of carboxylic acid groups (broad SMARTS) is 1. The number of carboxylic acids is 1. The lowest BCUT2D eigenvalue weighted by molar-refractivity contribution is -0.385. The van der Waals surface area contributed by atoms with Gasteiger partial charge in [-0.2, -0.15) is 0 Å². The predicted molar refractivity (Wildman–Crippen MR) is 57.7 cm³/mol. The van der Waals surface area contributed by atoms with Crippen molar-refractivity contribution in [2.24, 2.45) is 0 Å². The molecule has 5 nitrogen and oxygen atoms in total. The summed E-state index contributed by atoms with van der Waals surface area (Å²) in [5.74, 6) is -1.28. The van der Waals surface area contributed by atoms with Gasteiger partial charge in [-0.1, -0.05) is 27.5 Å². The van der Waals surface area contributed by atoms with Gasteiger partial charge in [-0.3, -0.25) is 10.1 Å². The summed E-state index contributed by atoms with van der Waals surface area (Å²) in [6.45, 7) is 0. The number of hydrogen-bond donors (Lipinski definition) is 1. The van der Waals surface area contributed by atoms with Crippen LogP contribution in [0.2, 0.25) is 5.02 Å². The van der Waals surface area contributed by atoms with Gasteiger partial charge in [0.05, 0.1) is 21.1 Å². The highest BCUT2D eigenvalue weighted by molar-refractivity contribution is 9.08. The van der Waals surface area contributed by atoms with Crippen molar-refractivity contribution in [2.45, 2.75) is 5.33 Å². The maximum atomic E-state index is 10.8. The minimum atomic E-state index is -1.28. The number of benzene rings is 1. The van der Waals surface area contributed by atoms with Crippen molar-refractivity contribution in [2.75, 3.05) is 0 Å². The average Bonchev–Trinajstić information content (AvgIpc) is 2.15. The van der Waals surface area contributed by atoms with Crippen LogP contribution in [0.3, 0.4) is 0 Å². The fraction of sp³-hybridized carbons (Fsp3) is 0.125. The van der Waals surface area contributed by atoms with E-state index >= 15 is 0 Å². The van der Waals surface area contributed by atoms with Crippen LogP contribution in [0.1, 0.15) is 15.9 Å². The van der Waals surface area contributed by atoms with Gasteiger partial charge in [-0.15, -0.1) is 0 Å². The van der Waals surface area contributed by atoms with Gasteiger partial charge < -0.3 is 5.11 Å². The maximum Gasteiger partial charge on any atom is 0.337 e. The first-order chi connectivity index (χ1) is 6.99. The van der Waals surface area contributed by atoms with Crippen molar-refractivity contribution in [3.63, 3.8) is 0 Å². The maximum absolute atomic E-state index is 10.8. The third-order valence-electron chi connectivity index (χ3n) is 1.78. The molecule has 0 radical (unpaired) electrons. The van der Waals surface area contributed by atoms with Gasteiger partial charge in [-0.25, -0.2) is 4.79 Å². The lowest BCUT2D eigenvalue weighted by Gasteiger charge is -2.05. The first-order valence-corrected chi connectivity index (χ1v) is 5.24. The number of aromatic carboxylic acids is 1. The van der Waals surface area contributed by atoms with Crippen molar-refractivity contribution in [3.8, 4) is 0 Å². The molecule has 0 fully saturated rings. The van der Waals surface area contributed by atoms with Crippen molar-refractivity contribution in [1.29, 1.82) is 0 Å². The van der Waals surface area contributed by atoms with Crippen LogP contribution in [0.15, 0.2) is 12.1 Å². The zero-order valence-corrected chi connectivity index (χ0v) is 9.58. The minimum Gasteiger partial charge on any atom is -0.478 e. The number of alkyl halides is 1. The van der Waals surface area contributed by atoms with Gasteiger partial charge in [-0.05, 0) is 6.07 Å². The van der Waals surface area contributed by atoms with Crippen molar-refractivity contribution in [3.05, 3.63) is 38.4 Å². The SMILES string of the molecule is O=C(O)c1c(Cl)ccc([N+](=O)[O-])c1CBr. The normalized spacial score (nSPS) is 10.0. The molecule has 0 saturated carbocycles. The molecule has 0 aliphatic heterocycles. The number of carbonyl (C=O) groups is 1. The molecule has 0 unspecified atom stereocenters. The van der Waals surface area contributed by atoms with Crippen LogP contribution in [0.25, 0.3) is 0 Å². The Bertz CT molecular complexity index is 435. The molecule has 1 rings (SSSR count). The number of nitro groups is 1. The van der Waals surface area contributed by atoms with E-state index in [1.165, 1.54) is 12.1 Å². The first kappa shape index (κ1) is 11.9. The summed E-state index contributed by atoms with van der Waals surface area (Å²) in [6.07, 6.45) is 0. The second kappa shape index (κ2) is 4.59. The molecule has 0 aliphatic carbocycles. The summed E-state index contributed by atoms with van der Waals surface area (Å²) in [4.78, 5) is 20.8. The van der Waals surface area contributed by atoms with Crippen LogP contribution in [-0.4, -0.2) is 16.0 Å². The molecule has 0 bridgehead atoms. The van der Waals surface area contributed by atoms with Crippen LogP contribution in [0.5, 0.6) is 0 Å². The number of rotatable bonds is 3. The van der Waals surface area contributed by atoms with Crippen LogP contribution >= 0.6 is 27.5 Å². The minimum absolute atomic E-state index is 0.0115.